The molecular formula is C24H27N5O. The predicted molar refractivity (Wildman–Crippen MR) is 121 cm³/mol. The number of carbonyl (C=O) groups is 1. The fourth-order valence-corrected chi connectivity index (χ4v) is 4.66. The molecule has 5 rings (SSSR count). The van der Waals surface area contributed by atoms with Crippen molar-refractivity contribution in [1.29, 1.82) is 0 Å². The highest BCUT2D eigenvalue weighted by molar-refractivity contribution is 5.95. The Balaban J connectivity index is 1.48. The second-order valence-electron chi connectivity index (χ2n) is 8.39. The third kappa shape index (κ3) is 3.47. The normalized spacial score (nSPS) is 16.7. The Labute approximate surface area is 176 Å². The molecule has 0 aliphatic carbocycles. The Hall–Kier alpha value is -3.15. The molecule has 0 atom stereocenters. The zero-order chi connectivity index (χ0) is 20.7. The van der Waals surface area contributed by atoms with Gasteiger partial charge in [-0.05, 0) is 48.6 Å². The second-order valence-corrected chi connectivity index (χ2v) is 8.39. The summed E-state index contributed by atoms with van der Waals surface area (Å²) in [6.45, 7) is 4.34. The molecule has 1 fully saturated rings. The molecule has 6 heteroatoms. The summed E-state index contributed by atoms with van der Waals surface area (Å²) in [6.07, 6.45) is 6.52. The van der Waals surface area contributed by atoms with E-state index in [2.05, 4.69) is 57.6 Å². The Morgan fingerprint density at radius 2 is 1.87 bits per heavy atom. The Kier molecular flexibility index (Phi) is 4.77. The van der Waals surface area contributed by atoms with Crippen molar-refractivity contribution in [3.05, 3.63) is 48.3 Å². The summed E-state index contributed by atoms with van der Waals surface area (Å²) in [5, 5.41) is 3.69. The van der Waals surface area contributed by atoms with Crippen molar-refractivity contribution >= 4 is 28.3 Å². The first kappa shape index (κ1) is 18.9. The largest absolute Gasteiger partial charge is 0.382 e. The lowest BCUT2D eigenvalue weighted by Gasteiger charge is -2.32. The molecule has 2 aromatic carbocycles. The monoisotopic (exact) mass is 401 g/mol. The average molecular weight is 402 g/mol. The van der Waals surface area contributed by atoms with Crippen molar-refractivity contribution in [1.82, 2.24) is 14.9 Å². The van der Waals surface area contributed by atoms with E-state index in [0.29, 0.717) is 6.04 Å². The summed E-state index contributed by atoms with van der Waals surface area (Å²) in [5.41, 5.74) is 7.87. The van der Waals surface area contributed by atoms with Crippen LogP contribution in [0.25, 0.3) is 22.2 Å². The summed E-state index contributed by atoms with van der Waals surface area (Å²) >= 11 is 0. The molecule has 1 N–H and O–H groups in total. The van der Waals surface area contributed by atoms with E-state index >= 15 is 0 Å². The van der Waals surface area contributed by atoms with Gasteiger partial charge >= 0.3 is 0 Å². The number of carbonyl (C=O) groups excluding carboxylic acids is 1. The molecule has 1 amide bonds. The molecule has 0 unspecified atom stereocenters. The first-order valence-electron chi connectivity index (χ1n) is 10.7. The van der Waals surface area contributed by atoms with E-state index in [-0.39, 0.29) is 5.91 Å². The smallest absolute Gasteiger partial charge is 0.219 e. The van der Waals surface area contributed by atoms with Gasteiger partial charge in [-0.25, -0.2) is 0 Å². The number of nitrogens with one attached hydrogen (secondary N) is 1. The van der Waals surface area contributed by atoms with Crippen molar-refractivity contribution in [2.45, 2.75) is 32.2 Å². The van der Waals surface area contributed by atoms with Gasteiger partial charge in [-0.3, -0.25) is 14.8 Å². The number of nitrogens with zero attached hydrogens (tertiary/aromatic N) is 4. The van der Waals surface area contributed by atoms with E-state index in [1.807, 2.05) is 4.90 Å². The quantitative estimate of drug-likeness (QED) is 0.725. The number of rotatable bonds is 3. The van der Waals surface area contributed by atoms with Crippen LogP contribution in [0.3, 0.4) is 0 Å². The van der Waals surface area contributed by atoms with Crippen molar-refractivity contribution in [3.8, 4) is 11.1 Å². The van der Waals surface area contributed by atoms with Crippen LogP contribution in [-0.2, 0) is 11.2 Å². The van der Waals surface area contributed by atoms with E-state index in [4.69, 9.17) is 0 Å². The number of hydrogen-bond acceptors (Lipinski definition) is 5. The first-order chi connectivity index (χ1) is 14.6. The van der Waals surface area contributed by atoms with Gasteiger partial charge in [0, 0.05) is 69.0 Å². The summed E-state index contributed by atoms with van der Waals surface area (Å²) in [6, 6.07) is 11.4. The first-order valence-corrected chi connectivity index (χ1v) is 10.7. The molecule has 1 saturated heterocycles. The molecule has 3 heterocycles. The zero-order valence-electron chi connectivity index (χ0n) is 17.6. The van der Waals surface area contributed by atoms with Crippen LogP contribution >= 0.6 is 0 Å². The third-order valence-electron chi connectivity index (χ3n) is 6.41. The molecule has 30 heavy (non-hydrogen) atoms. The number of likely N-dealkylation sites (N-methyl/N-ethyl adjacent to an activating group) is 1. The van der Waals surface area contributed by atoms with Gasteiger partial charge < -0.3 is 15.1 Å². The van der Waals surface area contributed by atoms with E-state index in [0.717, 1.165) is 61.2 Å². The van der Waals surface area contributed by atoms with Gasteiger partial charge in [-0.1, -0.05) is 12.1 Å². The molecule has 1 aromatic heterocycles. The fourth-order valence-electron chi connectivity index (χ4n) is 4.66. The minimum Gasteiger partial charge on any atom is -0.382 e. The van der Waals surface area contributed by atoms with Gasteiger partial charge in [0.1, 0.15) is 0 Å². The SMILES string of the molecule is CC(=O)N1CCC(Nc2cc(-c3ccc4c(c3)N(C)CC4)c3nccnc3c2)CC1. The molecule has 2 aliphatic rings. The maximum Gasteiger partial charge on any atom is 0.219 e. The van der Waals surface area contributed by atoms with Crippen LogP contribution in [0.1, 0.15) is 25.3 Å². The van der Waals surface area contributed by atoms with Crippen LogP contribution in [0, 0.1) is 0 Å². The summed E-state index contributed by atoms with van der Waals surface area (Å²) < 4.78 is 0. The van der Waals surface area contributed by atoms with E-state index in [1.54, 1.807) is 19.3 Å². The van der Waals surface area contributed by atoms with Crippen LogP contribution in [0.15, 0.2) is 42.7 Å². The minimum atomic E-state index is 0.165. The Bertz CT molecular complexity index is 1100. The number of anilines is 2. The number of piperidine rings is 1. The molecule has 154 valence electrons. The summed E-state index contributed by atoms with van der Waals surface area (Å²) in [5.74, 6) is 0.165. The van der Waals surface area contributed by atoms with Gasteiger partial charge in [-0.15, -0.1) is 0 Å². The summed E-state index contributed by atoms with van der Waals surface area (Å²) in [7, 11) is 2.15. The zero-order valence-corrected chi connectivity index (χ0v) is 17.6. The lowest BCUT2D eigenvalue weighted by atomic mass is 9.99. The minimum absolute atomic E-state index is 0.165. The highest BCUT2D eigenvalue weighted by atomic mass is 16.2. The predicted octanol–water partition coefficient (Wildman–Crippen LogP) is 3.71. The molecule has 6 nitrogen and oxygen atoms in total. The number of likely N-dealkylation sites (tertiary alicyclic amines) is 1. The molecule has 0 saturated carbocycles. The molecule has 3 aromatic rings. The molecule has 2 aliphatic heterocycles. The fraction of sp³-hybridized carbons (Fsp3) is 0.375. The number of benzene rings is 2. The van der Waals surface area contributed by atoms with Gasteiger partial charge in [0.2, 0.25) is 5.91 Å². The lowest BCUT2D eigenvalue weighted by Crippen LogP contribution is -2.41. The maximum absolute atomic E-state index is 11.6. The van der Waals surface area contributed by atoms with Gasteiger partial charge in [0.05, 0.1) is 11.0 Å². The molecular weight excluding hydrogens is 374 g/mol. The number of amides is 1. The highest BCUT2D eigenvalue weighted by Crippen LogP contribution is 2.36. The van der Waals surface area contributed by atoms with Crippen molar-refractivity contribution in [2.24, 2.45) is 0 Å². The highest BCUT2D eigenvalue weighted by Gasteiger charge is 2.22. The third-order valence-corrected chi connectivity index (χ3v) is 6.41. The maximum atomic E-state index is 11.6. The van der Waals surface area contributed by atoms with Crippen LogP contribution in [-0.4, -0.2) is 53.5 Å². The van der Waals surface area contributed by atoms with Gasteiger partial charge in [-0.2, -0.15) is 0 Å². The van der Waals surface area contributed by atoms with Crippen molar-refractivity contribution < 1.29 is 4.79 Å². The average Bonchev–Trinajstić information content (AvgIpc) is 3.14. The topological polar surface area (TPSA) is 61.4 Å². The van der Waals surface area contributed by atoms with Crippen molar-refractivity contribution in [3.63, 3.8) is 0 Å². The molecule has 0 radical (unpaired) electrons. The van der Waals surface area contributed by atoms with Crippen molar-refractivity contribution in [2.75, 3.05) is 36.9 Å². The number of fused-ring (bicyclic) bond motifs is 2. The van der Waals surface area contributed by atoms with E-state index in [1.165, 1.54) is 16.8 Å². The van der Waals surface area contributed by atoms with Gasteiger partial charge in [0.15, 0.2) is 0 Å². The standard InChI is InChI=1S/C24H27N5O/c1-16(30)29-11-6-19(7-12-29)27-20-14-21(24-22(15-20)25-8-9-26-24)18-4-3-17-5-10-28(2)23(17)13-18/h3-4,8-9,13-15,19,27H,5-7,10-12H2,1-2H3. The summed E-state index contributed by atoms with van der Waals surface area (Å²) in [4.78, 5) is 25.1. The number of aromatic nitrogens is 2. The molecule has 0 spiro atoms. The van der Waals surface area contributed by atoms with Gasteiger partial charge in [0.25, 0.3) is 0 Å². The van der Waals surface area contributed by atoms with Crippen LogP contribution in [0.5, 0.6) is 0 Å². The number of hydrogen-bond donors (Lipinski definition) is 1. The van der Waals surface area contributed by atoms with Crippen LogP contribution < -0.4 is 10.2 Å². The lowest BCUT2D eigenvalue weighted by molar-refractivity contribution is -0.129. The Morgan fingerprint density at radius 3 is 2.67 bits per heavy atom. The van der Waals surface area contributed by atoms with E-state index < -0.39 is 0 Å². The molecule has 0 bridgehead atoms. The van der Waals surface area contributed by atoms with E-state index in [9.17, 15) is 4.79 Å². The second kappa shape index (κ2) is 7.59. The Morgan fingerprint density at radius 1 is 1.07 bits per heavy atom. The van der Waals surface area contributed by atoms with Crippen LogP contribution in [0.2, 0.25) is 0 Å². The van der Waals surface area contributed by atoms with Crippen LogP contribution in [0.4, 0.5) is 11.4 Å².